The topological polar surface area (TPSA) is 105 Å². The van der Waals surface area contributed by atoms with Crippen molar-refractivity contribution in [2.45, 2.75) is 76.9 Å². The zero-order valence-electron chi connectivity index (χ0n) is 18.3. The van der Waals surface area contributed by atoms with Gasteiger partial charge in [0.25, 0.3) is 0 Å². The third-order valence-corrected chi connectivity index (χ3v) is 4.85. The van der Waals surface area contributed by atoms with Crippen molar-refractivity contribution in [3.8, 4) is 0 Å². The summed E-state index contributed by atoms with van der Waals surface area (Å²) in [5.41, 5.74) is 0.927. The van der Waals surface area contributed by atoms with Crippen molar-refractivity contribution in [1.29, 1.82) is 0 Å². The summed E-state index contributed by atoms with van der Waals surface area (Å²) in [6, 6.07) is 8.62. The Hall–Kier alpha value is -2.83. The Bertz CT molecular complexity index is 663. The molecule has 0 aliphatic rings. The number of alkyl carbamates (subject to hydrolysis) is 1. The number of carboxylic acid groups (broad SMARTS) is 1. The van der Waals surface area contributed by atoms with Crippen LogP contribution in [0.3, 0.4) is 0 Å². The number of ether oxygens (including phenoxy) is 1. The molecule has 0 saturated heterocycles. The molecule has 3 N–H and O–H groups in total. The van der Waals surface area contributed by atoms with Crippen LogP contribution in [0.2, 0.25) is 0 Å². The van der Waals surface area contributed by atoms with E-state index in [1.54, 1.807) is 0 Å². The van der Waals surface area contributed by atoms with Crippen molar-refractivity contribution in [3.63, 3.8) is 0 Å². The summed E-state index contributed by atoms with van der Waals surface area (Å²) >= 11 is 0. The first-order chi connectivity index (χ1) is 15.0. The van der Waals surface area contributed by atoms with E-state index in [1.807, 2.05) is 36.4 Å². The lowest BCUT2D eigenvalue weighted by Crippen LogP contribution is -2.40. The van der Waals surface area contributed by atoms with Gasteiger partial charge in [0.1, 0.15) is 12.6 Å². The number of allylic oxidation sites excluding steroid dienone is 1. The third-order valence-electron chi connectivity index (χ3n) is 4.85. The molecule has 31 heavy (non-hydrogen) atoms. The van der Waals surface area contributed by atoms with Crippen LogP contribution in [-0.4, -0.2) is 35.7 Å². The fraction of sp³-hybridized carbons (Fsp3) is 0.542. The van der Waals surface area contributed by atoms with Crippen molar-refractivity contribution < 1.29 is 24.2 Å². The average Bonchev–Trinajstić information content (AvgIpc) is 2.76. The van der Waals surface area contributed by atoms with Crippen molar-refractivity contribution in [2.75, 3.05) is 6.54 Å². The summed E-state index contributed by atoms with van der Waals surface area (Å²) < 4.78 is 5.12. The molecule has 7 nitrogen and oxygen atoms in total. The Morgan fingerprint density at radius 2 is 1.71 bits per heavy atom. The van der Waals surface area contributed by atoms with Crippen LogP contribution in [0.4, 0.5) is 4.79 Å². The molecule has 1 rings (SSSR count). The minimum atomic E-state index is -0.988. The molecule has 0 aliphatic heterocycles. The maximum absolute atomic E-state index is 12.0. The number of carboxylic acids is 1. The number of carbonyl (C=O) groups is 3. The first kappa shape index (κ1) is 26.2. The normalized spacial score (nSPS) is 11.4. The molecule has 2 amide bonds. The van der Waals surface area contributed by atoms with Crippen molar-refractivity contribution >= 4 is 18.0 Å². The van der Waals surface area contributed by atoms with E-state index < -0.39 is 18.1 Å². The fourth-order valence-electron chi connectivity index (χ4n) is 3.07. The third kappa shape index (κ3) is 13.9. The average molecular weight is 433 g/mol. The van der Waals surface area contributed by atoms with Gasteiger partial charge in [-0.3, -0.25) is 4.79 Å². The van der Waals surface area contributed by atoms with E-state index in [0.29, 0.717) is 19.4 Å². The standard InChI is InChI=1S/C24H36N2O5/c1-2-3-4-5-6-11-16-21(23(28)29)26-22(27)17-12-8-13-18-25-24(30)31-19-20-14-9-7-10-15-20/h2,7,9-10,14-15,21H,1,3-6,8,11-13,16-19H2,(H,25,30)(H,26,27)(H,28,29)/t21-/m0/s1. The van der Waals surface area contributed by atoms with Gasteiger partial charge in [-0.15, -0.1) is 6.58 Å². The lowest BCUT2D eigenvalue weighted by Gasteiger charge is -2.14. The summed E-state index contributed by atoms with van der Waals surface area (Å²) in [6.07, 6.45) is 9.08. The maximum atomic E-state index is 12.0. The number of hydrogen-bond acceptors (Lipinski definition) is 4. The lowest BCUT2D eigenvalue weighted by molar-refractivity contribution is -0.142. The van der Waals surface area contributed by atoms with Gasteiger partial charge in [-0.2, -0.15) is 0 Å². The second-order valence-electron chi connectivity index (χ2n) is 7.54. The summed E-state index contributed by atoms with van der Waals surface area (Å²) in [4.78, 5) is 35.0. The van der Waals surface area contributed by atoms with Crippen molar-refractivity contribution in [1.82, 2.24) is 10.6 Å². The SMILES string of the molecule is C=CCCCCCC[C@H](NC(=O)CCCCCNC(=O)OCc1ccccc1)C(=O)O. The molecule has 1 aromatic carbocycles. The minimum absolute atomic E-state index is 0.229. The van der Waals surface area contributed by atoms with Crippen molar-refractivity contribution in [2.24, 2.45) is 0 Å². The number of aliphatic carboxylic acids is 1. The van der Waals surface area contributed by atoms with Gasteiger partial charge in [0.15, 0.2) is 0 Å². The fourth-order valence-corrected chi connectivity index (χ4v) is 3.07. The van der Waals surface area contributed by atoms with Gasteiger partial charge in [-0.25, -0.2) is 9.59 Å². The van der Waals surface area contributed by atoms with Gasteiger partial charge in [0.2, 0.25) is 5.91 Å². The van der Waals surface area contributed by atoms with Gasteiger partial charge >= 0.3 is 12.1 Å². The second kappa shape index (κ2) is 16.9. The number of carbonyl (C=O) groups excluding carboxylic acids is 2. The maximum Gasteiger partial charge on any atom is 0.407 e. The summed E-state index contributed by atoms with van der Waals surface area (Å²) in [7, 11) is 0. The minimum Gasteiger partial charge on any atom is -0.480 e. The van der Waals surface area contributed by atoms with E-state index >= 15 is 0 Å². The lowest BCUT2D eigenvalue weighted by atomic mass is 10.1. The van der Waals surface area contributed by atoms with E-state index in [2.05, 4.69) is 17.2 Å². The first-order valence-electron chi connectivity index (χ1n) is 11.1. The monoisotopic (exact) mass is 432 g/mol. The Morgan fingerprint density at radius 3 is 2.42 bits per heavy atom. The van der Waals surface area contributed by atoms with Crippen LogP contribution in [0.25, 0.3) is 0 Å². The van der Waals surface area contributed by atoms with Crippen LogP contribution in [0, 0.1) is 0 Å². The molecule has 1 aromatic rings. The Labute approximate surface area is 185 Å². The van der Waals surface area contributed by atoms with Gasteiger partial charge in [0.05, 0.1) is 0 Å². The number of unbranched alkanes of at least 4 members (excludes halogenated alkanes) is 6. The summed E-state index contributed by atoms with van der Waals surface area (Å²) in [5, 5.41) is 14.6. The first-order valence-corrected chi connectivity index (χ1v) is 11.1. The summed E-state index contributed by atoms with van der Waals surface area (Å²) in [6.45, 7) is 4.38. The van der Waals surface area contributed by atoms with Crippen LogP contribution < -0.4 is 10.6 Å². The highest BCUT2D eigenvalue weighted by atomic mass is 16.5. The van der Waals surface area contributed by atoms with Crippen LogP contribution in [0.15, 0.2) is 43.0 Å². The van der Waals surface area contributed by atoms with Crippen LogP contribution in [0.5, 0.6) is 0 Å². The smallest absolute Gasteiger partial charge is 0.407 e. The molecule has 0 heterocycles. The molecule has 0 saturated carbocycles. The van der Waals surface area contributed by atoms with Gasteiger partial charge in [-0.05, 0) is 37.7 Å². The summed E-state index contributed by atoms with van der Waals surface area (Å²) in [5.74, 6) is -1.23. The molecule has 0 aromatic heterocycles. The molecular weight excluding hydrogens is 396 g/mol. The van der Waals surface area contributed by atoms with Crippen molar-refractivity contribution in [3.05, 3.63) is 48.6 Å². The van der Waals surface area contributed by atoms with Gasteiger partial charge in [-0.1, -0.05) is 62.1 Å². The van der Waals surface area contributed by atoms with E-state index in [0.717, 1.165) is 50.5 Å². The Kier molecular flexibility index (Phi) is 14.3. The highest BCUT2D eigenvalue weighted by Crippen LogP contribution is 2.09. The van der Waals surface area contributed by atoms with Gasteiger partial charge < -0.3 is 20.5 Å². The molecule has 0 unspecified atom stereocenters. The number of rotatable bonds is 17. The van der Waals surface area contributed by atoms with E-state index in [9.17, 15) is 19.5 Å². The molecule has 0 spiro atoms. The number of amides is 2. The molecule has 0 fully saturated rings. The highest BCUT2D eigenvalue weighted by molar-refractivity contribution is 5.83. The van der Waals surface area contributed by atoms with Crippen LogP contribution >= 0.6 is 0 Å². The van der Waals surface area contributed by atoms with E-state index in [1.165, 1.54) is 0 Å². The molecule has 7 heteroatoms. The predicted octanol–water partition coefficient (Wildman–Crippen LogP) is 4.57. The molecule has 1 atom stereocenters. The van der Waals surface area contributed by atoms with Crippen LogP contribution in [0.1, 0.15) is 69.8 Å². The molecule has 172 valence electrons. The van der Waals surface area contributed by atoms with E-state index in [4.69, 9.17) is 4.74 Å². The molecule has 0 radical (unpaired) electrons. The van der Waals surface area contributed by atoms with Gasteiger partial charge in [0, 0.05) is 13.0 Å². The number of hydrogen-bond donors (Lipinski definition) is 3. The second-order valence-corrected chi connectivity index (χ2v) is 7.54. The molecule has 0 aliphatic carbocycles. The van der Waals surface area contributed by atoms with E-state index in [-0.39, 0.29) is 18.9 Å². The zero-order chi connectivity index (χ0) is 22.7. The predicted molar refractivity (Wildman–Crippen MR) is 121 cm³/mol. The molecule has 0 bridgehead atoms. The largest absolute Gasteiger partial charge is 0.480 e. The quantitative estimate of drug-likeness (QED) is 0.247. The van der Waals surface area contributed by atoms with Crippen LogP contribution in [-0.2, 0) is 20.9 Å². The number of benzene rings is 1. The Morgan fingerprint density at radius 1 is 1.00 bits per heavy atom. The highest BCUT2D eigenvalue weighted by Gasteiger charge is 2.18. The Balaban J connectivity index is 2.06. The number of nitrogens with one attached hydrogen (secondary N) is 2. The zero-order valence-corrected chi connectivity index (χ0v) is 18.3. The molecular formula is C24H36N2O5.